The second-order valence-electron chi connectivity index (χ2n) is 3.76. The van der Waals surface area contributed by atoms with Crippen molar-refractivity contribution >= 4 is 32.7 Å². The van der Waals surface area contributed by atoms with Crippen LogP contribution in [0.5, 0.6) is 0 Å². The van der Waals surface area contributed by atoms with E-state index in [1.165, 1.54) is 0 Å². The molecule has 2 aromatic heterocycles. The summed E-state index contributed by atoms with van der Waals surface area (Å²) in [7, 11) is 1.89. The molecule has 1 aromatic carbocycles. The molecule has 2 heterocycles. The summed E-state index contributed by atoms with van der Waals surface area (Å²) in [6, 6.07) is 7.63. The maximum atomic E-state index is 5.53. The molecular weight excluding hydrogens is 284 g/mol. The molecular formula is C11H9BrN4O. The lowest BCUT2D eigenvalue weighted by Crippen LogP contribution is -1.89. The van der Waals surface area contributed by atoms with Crippen LogP contribution in [0.3, 0.4) is 0 Å². The Bertz CT molecular complexity index is 701. The first-order valence-electron chi connectivity index (χ1n) is 5.00. The molecule has 0 aliphatic heterocycles. The fourth-order valence-corrected chi connectivity index (χ4v) is 2.36. The number of rotatable bonds is 1. The molecule has 3 aromatic rings. The minimum atomic E-state index is 0.381. The van der Waals surface area contributed by atoms with Crippen LogP contribution in [0.2, 0.25) is 0 Å². The highest BCUT2D eigenvalue weighted by Gasteiger charge is 2.10. The van der Waals surface area contributed by atoms with Crippen molar-refractivity contribution in [1.29, 1.82) is 0 Å². The van der Waals surface area contributed by atoms with E-state index in [0.717, 1.165) is 21.1 Å². The van der Waals surface area contributed by atoms with Crippen molar-refractivity contribution in [3.8, 4) is 11.3 Å². The Labute approximate surface area is 105 Å². The lowest BCUT2D eigenvalue weighted by atomic mass is 10.1. The molecule has 0 unspecified atom stereocenters. The summed E-state index contributed by atoms with van der Waals surface area (Å²) in [6.07, 6.45) is 0. The smallest absolute Gasteiger partial charge is 0.169 e. The predicted molar refractivity (Wildman–Crippen MR) is 68.3 cm³/mol. The minimum Gasteiger partial charge on any atom is -0.381 e. The van der Waals surface area contributed by atoms with E-state index >= 15 is 0 Å². The number of halogens is 1. The Hall–Kier alpha value is -1.82. The summed E-state index contributed by atoms with van der Waals surface area (Å²) in [5, 5.41) is 9.02. The minimum absolute atomic E-state index is 0.381. The van der Waals surface area contributed by atoms with Gasteiger partial charge in [-0.15, -0.1) is 0 Å². The van der Waals surface area contributed by atoms with Crippen molar-refractivity contribution < 1.29 is 4.52 Å². The van der Waals surface area contributed by atoms with Crippen LogP contribution in [-0.2, 0) is 7.05 Å². The second kappa shape index (κ2) is 3.59. The molecule has 86 valence electrons. The van der Waals surface area contributed by atoms with Crippen molar-refractivity contribution in [2.24, 2.45) is 7.05 Å². The van der Waals surface area contributed by atoms with Crippen molar-refractivity contribution in [2.75, 3.05) is 5.73 Å². The van der Waals surface area contributed by atoms with Crippen LogP contribution in [0.25, 0.3) is 22.2 Å². The zero-order valence-electron chi connectivity index (χ0n) is 9.01. The molecule has 0 amide bonds. The molecule has 3 rings (SSSR count). The number of anilines is 1. The number of nitrogens with two attached hydrogens (primary N) is 1. The van der Waals surface area contributed by atoms with Crippen LogP contribution < -0.4 is 5.73 Å². The quantitative estimate of drug-likeness (QED) is 0.748. The zero-order chi connectivity index (χ0) is 12.0. The summed E-state index contributed by atoms with van der Waals surface area (Å²) >= 11 is 3.41. The van der Waals surface area contributed by atoms with Gasteiger partial charge in [0.05, 0.1) is 5.52 Å². The Balaban J connectivity index is 2.22. The van der Waals surface area contributed by atoms with E-state index < -0.39 is 0 Å². The molecule has 0 saturated carbocycles. The Morgan fingerprint density at radius 1 is 1.35 bits per heavy atom. The fraction of sp³-hybridized carbons (Fsp3) is 0.0909. The van der Waals surface area contributed by atoms with Gasteiger partial charge < -0.3 is 10.3 Å². The van der Waals surface area contributed by atoms with Gasteiger partial charge in [0.1, 0.15) is 4.60 Å². The molecule has 0 saturated heterocycles. The van der Waals surface area contributed by atoms with Gasteiger partial charge in [-0.3, -0.25) is 4.68 Å². The summed E-state index contributed by atoms with van der Waals surface area (Å²) in [5.74, 6) is 1.04. The number of aromatic nitrogens is 3. The summed E-state index contributed by atoms with van der Waals surface area (Å²) in [4.78, 5) is 0. The highest BCUT2D eigenvalue weighted by molar-refractivity contribution is 9.10. The van der Waals surface area contributed by atoms with Crippen molar-refractivity contribution in [3.63, 3.8) is 0 Å². The van der Waals surface area contributed by atoms with E-state index in [4.69, 9.17) is 10.3 Å². The number of fused-ring (bicyclic) bond motifs is 1. The largest absolute Gasteiger partial charge is 0.381 e. The normalized spacial score (nSPS) is 11.2. The third kappa shape index (κ3) is 1.61. The average Bonchev–Trinajstić information content (AvgIpc) is 2.85. The van der Waals surface area contributed by atoms with E-state index in [0.29, 0.717) is 11.6 Å². The van der Waals surface area contributed by atoms with Gasteiger partial charge in [0.25, 0.3) is 0 Å². The van der Waals surface area contributed by atoms with Crippen molar-refractivity contribution in [1.82, 2.24) is 14.9 Å². The fourth-order valence-electron chi connectivity index (χ4n) is 1.79. The SMILES string of the molecule is Cn1nc(Br)c2ccc(-c3cc(N)no3)cc21. The Morgan fingerprint density at radius 2 is 2.18 bits per heavy atom. The van der Waals surface area contributed by atoms with Gasteiger partial charge in [-0.1, -0.05) is 11.2 Å². The van der Waals surface area contributed by atoms with Crippen LogP contribution in [0.4, 0.5) is 5.82 Å². The van der Waals surface area contributed by atoms with Gasteiger partial charge in [-0.05, 0) is 28.1 Å². The maximum absolute atomic E-state index is 5.53. The van der Waals surface area contributed by atoms with Crippen LogP contribution in [-0.4, -0.2) is 14.9 Å². The molecule has 0 radical (unpaired) electrons. The molecule has 6 heteroatoms. The van der Waals surface area contributed by atoms with Gasteiger partial charge in [0.15, 0.2) is 11.6 Å². The molecule has 0 bridgehead atoms. The molecule has 2 N–H and O–H groups in total. The van der Waals surface area contributed by atoms with E-state index in [2.05, 4.69) is 26.2 Å². The average molecular weight is 293 g/mol. The summed E-state index contributed by atoms with van der Waals surface area (Å²) < 4.78 is 7.77. The number of aryl methyl sites for hydroxylation is 1. The molecule has 0 atom stereocenters. The summed E-state index contributed by atoms with van der Waals surface area (Å²) in [6.45, 7) is 0. The molecule has 0 aliphatic carbocycles. The molecule has 5 nitrogen and oxygen atoms in total. The first kappa shape index (κ1) is 10.3. The van der Waals surface area contributed by atoms with Gasteiger partial charge in [-0.25, -0.2) is 0 Å². The highest BCUT2D eigenvalue weighted by atomic mass is 79.9. The second-order valence-corrected chi connectivity index (χ2v) is 4.51. The van der Waals surface area contributed by atoms with Crippen LogP contribution >= 0.6 is 15.9 Å². The van der Waals surface area contributed by atoms with Crippen LogP contribution in [0.15, 0.2) is 33.4 Å². The van der Waals surface area contributed by atoms with E-state index in [1.54, 1.807) is 6.07 Å². The van der Waals surface area contributed by atoms with E-state index in [1.807, 2.05) is 29.9 Å². The van der Waals surface area contributed by atoms with Crippen LogP contribution in [0, 0.1) is 0 Å². The first-order chi connectivity index (χ1) is 8.15. The lowest BCUT2D eigenvalue weighted by molar-refractivity contribution is 0.436. The third-order valence-electron chi connectivity index (χ3n) is 2.62. The molecule has 0 aliphatic rings. The molecule has 17 heavy (non-hydrogen) atoms. The van der Waals surface area contributed by atoms with Gasteiger partial charge in [-0.2, -0.15) is 5.10 Å². The number of nitrogen functional groups attached to an aromatic ring is 1. The van der Waals surface area contributed by atoms with E-state index in [-0.39, 0.29) is 0 Å². The topological polar surface area (TPSA) is 69.9 Å². The number of hydrogen-bond acceptors (Lipinski definition) is 4. The lowest BCUT2D eigenvalue weighted by Gasteiger charge is -1.97. The Morgan fingerprint density at radius 3 is 2.88 bits per heavy atom. The monoisotopic (exact) mass is 292 g/mol. The maximum Gasteiger partial charge on any atom is 0.169 e. The molecule has 0 spiro atoms. The van der Waals surface area contributed by atoms with Gasteiger partial charge >= 0.3 is 0 Å². The van der Waals surface area contributed by atoms with Crippen molar-refractivity contribution in [3.05, 3.63) is 28.9 Å². The van der Waals surface area contributed by atoms with Crippen LogP contribution in [0.1, 0.15) is 0 Å². The first-order valence-corrected chi connectivity index (χ1v) is 5.79. The summed E-state index contributed by atoms with van der Waals surface area (Å²) in [5.41, 5.74) is 7.48. The molecule has 0 fully saturated rings. The number of benzene rings is 1. The number of nitrogens with zero attached hydrogens (tertiary/aromatic N) is 3. The van der Waals surface area contributed by atoms with Gasteiger partial charge in [0, 0.05) is 24.1 Å². The zero-order valence-corrected chi connectivity index (χ0v) is 10.6. The van der Waals surface area contributed by atoms with Gasteiger partial charge in [0.2, 0.25) is 0 Å². The highest BCUT2D eigenvalue weighted by Crippen LogP contribution is 2.28. The predicted octanol–water partition coefficient (Wildman–Crippen LogP) is 2.57. The van der Waals surface area contributed by atoms with Crippen molar-refractivity contribution in [2.45, 2.75) is 0 Å². The Kier molecular flexibility index (Phi) is 2.19. The van der Waals surface area contributed by atoms with E-state index in [9.17, 15) is 0 Å². The standard InChI is InChI=1S/C11H9BrN4O/c1-16-8-4-6(9-5-10(13)15-17-9)2-3-7(8)11(12)14-16/h2-5H,1H3,(H2,13,15). The number of hydrogen-bond donors (Lipinski definition) is 1. The third-order valence-corrected chi connectivity index (χ3v) is 3.21.